The largest absolute Gasteiger partial charge is 0.326 e. The predicted molar refractivity (Wildman–Crippen MR) is 87.0 cm³/mol. The summed E-state index contributed by atoms with van der Waals surface area (Å²) in [6.45, 7) is 7.90. The molecule has 0 radical (unpaired) electrons. The van der Waals surface area contributed by atoms with Crippen LogP contribution < -0.4 is 11.1 Å². The molecule has 0 bridgehead atoms. The average molecular weight is 289 g/mol. The summed E-state index contributed by atoms with van der Waals surface area (Å²) in [6, 6.07) is 8.23. The summed E-state index contributed by atoms with van der Waals surface area (Å²) in [4.78, 5) is 14.8. The Morgan fingerprint density at radius 2 is 1.90 bits per heavy atom. The summed E-state index contributed by atoms with van der Waals surface area (Å²) in [6.07, 6.45) is 2.44. The molecule has 3 N–H and O–H groups in total. The summed E-state index contributed by atoms with van der Waals surface area (Å²) in [5.41, 5.74) is 7.49. The Morgan fingerprint density at radius 3 is 2.38 bits per heavy atom. The molecule has 0 aromatic heterocycles. The summed E-state index contributed by atoms with van der Waals surface area (Å²) in [7, 11) is 0. The van der Waals surface area contributed by atoms with E-state index >= 15 is 0 Å². The second kappa shape index (κ2) is 7.05. The van der Waals surface area contributed by atoms with Gasteiger partial charge in [-0.05, 0) is 43.4 Å². The van der Waals surface area contributed by atoms with Gasteiger partial charge in [0.1, 0.15) is 0 Å². The van der Waals surface area contributed by atoms with Gasteiger partial charge in [-0.15, -0.1) is 0 Å². The van der Waals surface area contributed by atoms with Gasteiger partial charge in [-0.25, -0.2) is 0 Å². The standard InChI is InChI=1S/C17H27N3O/c1-12(2)11-20(16-8-9-16)13(3)17(21)19-15-6-4-14(10-18)5-7-15/h4-7,12-13,16H,8-11,18H2,1-3H3,(H,19,21). The fourth-order valence-electron chi connectivity index (χ4n) is 2.57. The molecule has 0 aliphatic heterocycles. The van der Waals surface area contributed by atoms with Gasteiger partial charge in [0.15, 0.2) is 0 Å². The first-order valence-corrected chi connectivity index (χ1v) is 7.87. The number of nitrogens with two attached hydrogens (primary N) is 1. The number of amides is 1. The molecule has 1 aliphatic rings. The Kier molecular flexibility index (Phi) is 5.37. The average Bonchev–Trinajstić information content (AvgIpc) is 3.29. The number of nitrogens with one attached hydrogen (secondary N) is 1. The summed E-state index contributed by atoms with van der Waals surface area (Å²) in [5, 5.41) is 3.01. The van der Waals surface area contributed by atoms with Gasteiger partial charge in [0.2, 0.25) is 5.91 Å². The van der Waals surface area contributed by atoms with E-state index in [1.54, 1.807) is 0 Å². The minimum atomic E-state index is -0.0888. The molecule has 4 heteroatoms. The van der Waals surface area contributed by atoms with Gasteiger partial charge in [0.05, 0.1) is 6.04 Å². The quantitative estimate of drug-likeness (QED) is 0.811. The number of nitrogens with zero attached hydrogens (tertiary/aromatic N) is 1. The van der Waals surface area contributed by atoms with Crippen LogP contribution in [0.15, 0.2) is 24.3 Å². The zero-order valence-corrected chi connectivity index (χ0v) is 13.3. The van der Waals surface area contributed by atoms with E-state index in [4.69, 9.17) is 5.73 Å². The first-order chi connectivity index (χ1) is 10.0. The normalized spacial score (nSPS) is 16.3. The van der Waals surface area contributed by atoms with Crippen LogP contribution in [0.3, 0.4) is 0 Å². The minimum Gasteiger partial charge on any atom is -0.326 e. The third-order valence-electron chi connectivity index (χ3n) is 3.93. The van der Waals surface area contributed by atoms with Crippen molar-refractivity contribution in [2.75, 3.05) is 11.9 Å². The van der Waals surface area contributed by atoms with E-state index in [1.165, 1.54) is 12.8 Å². The lowest BCUT2D eigenvalue weighted by molar-refractivity contribution is -0.121. The van der Waals surface area contributed by atoms with E-state index in [-0.39, 0.29) is 11.9 Å². The monoisotopic (exact) mass is 289 g/mol. The van der Waals surface area contributed by atoms with Gasteiger partial charge >= 0.3 is 0 Å². The van der Waals surface area contributed by atoms with Crippen molar-refractivity contribution in [3.8, 4) is 0 Å². The van der Waals surface area contributed by atoms with Crippen molar-refractivity contribution < 1.29 is 4.79 Å². The summed E-state index contributed by atoms with van der Waals surface area (Å²) in [5.74, 6) is 0.646. The second-order valence-electron chi connectivity index (χ2n) is 6.39. The lowest BCUT2D eigenvalue weighted by atomic mass is 10.1. The molecule has 1 aliphatic carbocycles. The van der Waals surface area contributed by atoms with Crippen LogP contribution in [0.2, 0.25) is 0 Å². The van der Waals surface area contributed by atoms with Gasteiger partial charge in [-0.3, -0.25) is 9.69 Å². The van der Waals surface area contributed by atoms with Crippen LogP contribution >= 0.6 is 0 Å². The predicted octanol–water partition coefficient (Wildman–Crippen LogP) is 2.59. The van der Waals surface area contributed by atoms with Crippen molar-refractivity contribution in [3.63, 3.8) is 0 Å². The third kappa shape index (κ3) is 4.55. The molecule has 1 unspecified atom stereocenters. The number of carbonyl (C=O) groups is 1. The van der Waals surface area contributed by atoms with Gasteiger partial charge < -0.3 is 11.1 Å². The highest BCUT2D eigenvalue weighted by Gasteiger charge is 2.35. The summed E-state index contributed by atoms with van der Waals surface area (Å²) >= 11 is 0. The first-order valence-electron chi connectivity index (χ1n) is 7.87. The first kappa shape index (κ1) is 16.0. The van der Waals surface area contributed by atoms with E-state index in [0.29, 0.717) is 18.5 Å². The smallest absolute Gasteiger partial charge is 0.241 e. The fraction of sp³-hybridized carbons (Fsp3) is 0.588. The van der Waals surface area contributed by atoms with Crippen molar-refractivity contribution in [2.24, 2.45) is 11.7 Å². The van der Waals surface area contributed by atoms with Crippen molar-refractivity contribution in [2.45, 2.75) is 52.2 Å². The molecule has 1 fully saturated rings. The van der Waals surface area contributed by atoms with Crippen molar-refractivity contribution in [3.05, 3.63) is 29.8 Å². The van der Waals surface area contributed by atoms with Crippen LogP contribution in [0.1, 0.15) is 39.2 Å². The van der Waals surface area contributed by atoms with Gasteiger partial charge in [0.25, 0.3) is 0 Å². The maximum Gasteiger partial charge on any atom is 0.241 e. The second-order valence-corrected chi connectivity index (χ2v) is 6.39. The Balaban J connectivity index is 1.96. The van der Waals surface area contributed by atoms with Gasteiger partial charge in [-0.1, -0.05) is 26.0 Å². The highest BCUT2D eigenvalue weighted by molar-refractivity contribution is 5.94. The number of hydrogen-bond acceptors (Lipinski definition) is 3. The van der Waals surface area contributed by atoms with E-state index < -0.39 is 0 Å². The van der Waals surface area contributed by atoms with Crippen molar-refractivity contribution in [1.29, 1.82) is 0 Å². The zero-order chi connectivity index (χ0) is 15.4. The number of rotatable bonds is 7. The SMILES string of the molecule is CC(C)CN(C1CC1)C(C)C(=O)Nc1ccc(CN)cc1. The van der Waals surface area contributed by atoms with Crippen LogP contribution in [-0.2, 0) is 11.3 Å². The topological polar surface area (TPSA) is 58.4 Å². The highest BCUT2D eigenvalue weighted by atomic mass is 16.2. The van der Waals surface area contributed by atoms with Gasteiger partial charge in [0, 0.05) is 24.8 Å². The van der Waals surface area contributed by atoms with E-state index in [9.17, 15) is 4.79 Å². The Labute approximate surface area is 127 Å². The third-order valence-corrected chi connectivity index (χ3v) is 3.93. The van der Waals surface area contributed by atoms with E-state index in [1.807, 2.05) is 31.2 Å². The molecule has 0 heterocycles. The fourth-order valence-corrected chi connectivity index (χ4v) is 2.57. The number of hydrogen-bond donors (Lipinski definition) is 2. The molecule has 1 saturated carbocycles. The van der Waals surface area contributed by atoms with Crippen LogP contribution in [0.5, 0.6) is 0 Å². The maximum absolute atomic E-state index is 12.4. The molecular formula is C17H27N3O. The molecule has 1 aromatic carbocycles. The molecule has 116 valence electrons. The Morgan fingerprint density at radius 1 is 1.29 bits per heavy atom. The van der Waals surface area contributed by atoms with Crippen LogP contribution in [0.25, 0.3) is 0 Å². The molecule has 0 saturated heterocycles. The number of anilines is 1. The molecular weight excluding hydrogens is 262 g/mol. The number of carbonyl (C=O) groups excluding carboxylic acids is 1. The molecule has 1 amide bonds. The minimum absolute atomic E-state index is 0.0723. The zero-order valence-electron chi connectivity index (χ0n) is 13.3. The Bertz CT molecular complexity index is 465. The lowest BCUT2D eigenvalue weighted by Crippen LogP contribution is -2.45. The van der Waals surface area contributed by atoms with E-state index in [2.05, 4.69) is 24.1 Å². The van der Waals surface area contributed by atoms with Crippen LogP contribution in [-0.4, -0.2) is 29.4 Å². The summed E-state index contributed by atoms with van der Waals surface area (Å²) < 4.78 is 0. The molecule has 0 spiro atoms. The molecule has 21 heavy (non-hydrogen) atoms. The van der Waals surface area contributed by atoms with Crippen molar-refractivity contribution in [1.82, 2.24) is 4.90 Å². The Hall–Kier alpha value is -1.39. The maximum atomic E-state index is 12.4. The lowest BCUT2D eigenvalue weighted by Gasteiger charge is -2.29. The molecule has 1 atom stereocenters. The molecule has 4 nitrogen and oxygen atoms in total. The van der Waals surface area contributed by atoms with Gasteiger partial charge in [-0.2, -0.15) is 0 Å². The number of benzene rings is 1. The van der Waals surface area contributed by atoms with E-state index in [0.717, 1.165) is 17.8 Å². The van der Waals surface area contributed by atoms with Crippen LogP contribution in [0, 0.1) is 5.92 Å². The molecule has 1 aromatic rings. The van der Waals surface area contributed by atoms with Crippen LogP contribution in [0.4, 0.5) is 5.69 Å². The van der Waals surface area contributed by atoms with Crippen molar-refractivity contribution >= 4 is 11.6 Å². The highest BCUT2D eigenvalue weighted by Crippen LogP contribution is 2.29. The molecule has 2 rings (SSSR count).